The number of hydrogen-bond acceptors (Lipinski definition) is 6. The summed E-state index contributed by atoms with van der Waals surface area (Å²) < 4.78 is 33.3. The van der Waals surface area contributed by atoms with Crippen LogP contribution in [0.3, 0.4) is 0 Å². The fraction of sp³-hybridized carbons (Fsp3) is 0.765. The molecule has 1 unspecified atom stereocenters. The first-order chi connectivity index (χ1) is 12.1. The summed E-state index contributed by atoms with van der Waals surface area (Å²) in [6.07, 6.45) is 2.37. The molecular formula is C17H27N3O3S2. The first kappa shape index (κ1) is 17.9. The maximum Gasteiger partial charge on any atom is 0.250 e. The summed E-state index contributed by atoms with van der Waals surface area (Å²) in [6, 6.07) is 3.79. The lowest BCUT2D eigenvalue weighted by Crippen LogP contribution is -2.58. The summed E-state index contributed by atoms with van der Waals surface area (Å²) in [5.74, 6) is 1.45. The molecule has 1 aromatic rings. The van der Waals surface area contributed by atoms with Crippen LogP contribution in [0, 0.1) is 11.8 Å². The fourth-order valence-corrected chi connectivity index (χ4v) is 6.59. The lowest BCUT2D eigenvalue weighted by Gasteiger charge is -2.51. The Morgan fingerprint density at radius 1 is 1.28 bits per heavy atom. The number of thiophene rings is 1. The van der Waals surface area contributed by atoms with Gasteiger partial charge in [0, 0.05) is 38.8 Å². The molecule has 1 N–H and O–H groups in total. The van der Waals surface area contributed by atoms with E-state index in [9.17, 15) is 8.42 Å². The van der Waals surface area contributed by atoms with Gasteiger partial charge in [-0.1, -0.05) is 6.07 Å². The summed E-state index contributed by atoms with van der Waals surface area (Å²) in [5.41, 5.74) is 0. The SMILES string of the molecule is O=S(=O)(NC[C@H]1C[C@@H]2CCN1C[C@@H]2CN1CCOCC1)c1cccs1. The molecule has 4 aliphatic heterocycles. The van der Waals surface area contributed by atoms with Crippen LogP contribution in [0.25, 0.3) is 0 Å². The minimum Gasteiger partial charge on any atom is -0.379 e. The molecule has 0 radical (unpaired) electrons. The Morgan fingerprint density at radius 3 is 2.80 bits per heavy atom. The molecule has 4 fully saturated rings. The van der Waals surface area contributed by atoms with Gasteiger partial charge in [0.15, 0.2) is 0 Å². The summed E-state index contributed by atoms with van der Waals surface area (Å²) in [5, 5.41) is 1.80. The van der Waals surface area contributed by atoms with Gasteiger partial charge >= 0.3 is 0 Å². The van der Waals surface area contributed by atoms with E-state index in [1.54, 1.807) is 17.5 Å². The molecule has 4 saturated heterocycles. The first-order valence-electron chi connectivity index (χ1n) is 9.19. The molecule has 5 rings (SSSR count). The van der Waals surface area contributed by atoms with Crippen molar-refractivity contribution in [1.82, 2.24) is 14.5 Å². The third-order valence-corrected chi connectivity index (χ3v) is 8.70. The van der Waals surface area contributed by atoms with E-state index in [0.29, 0.717) is 16.8 Å². The predicted molar refractivity (Wildman–Crippen MR) is 98.3 cm³/mol. The van der Waals surface area contributed by atoms with Crippen molar-refractivity contribution in [2.75, 3.05) is 52.5 Å². The minimum absolute atomic E-state index is 0.342. The van der Waals surface area contributed by atoms with E-state index in [1.807, 2.05) is 0 Å². The molecule has 140 valence electrons. The molecule has 6 nitrogen and oxygen atoms in total. The van der Waals surface area contributed by atoms with Crippen LogP contribution in [0.4, 0.5) is 0 Å². The average Bonchev–Trinajstić information content (AvgIpc) is 3.17. The lowest BCUT2D eigenvalue weighted by molar-refractivity contribution is -0.0285. The Balaban J connectivity index is 1.31. The molecule has 5 heterocycles. The minimum atomic E-state index is -3.35. The van der Waals surface area contributed by atoms with Gasteiger partial charge in [-0.3, -0.25) is 9.80 Å². The van der Waals surface area contributed by atoms with Crippen molar-refractivity contribution in [2.24, 2.45) is 11.8 Å². The van der Waals surface area contributed by atoms with Gasteiger partial charge in [0.2, 0.25) is 10.0 Å². The smallest absolute Gasteiger partial charge is 0.250 e. The highest BCUT2D eigenvalue weighted by Crippen LogP contribution is 2.36. The van der Waals surface area contributed by atoms with Gasteiger partial charge in [0.1, 0.15) is 4.21 Å². The van der Waals surface area contributed by atoms with Crippen molar-refractivity contribution in [3.63, 3.8) is 0 Å². The highest BCUT2D eigenvalue weighted by atomic mass is 32.2. The third kappa shape index (κ3) is 4.09. The van der Waals surface area contributed by atoms with Gasteiger partial charge in [-0.05, 0) is 42.7 Å². The van der Waals surface area contributed by atoms with Crippen molar-refractivity contribution in [3.8, 4) is 0 Å². The van der Waals surface area contributed by atoms with Gasteiger partial charge in [-0.15, -0.1) is 11.3 Å². The van der Waals surface area contributed by atoms with Gasteiger partial charge in [0.25, 0.3) is 0 Å². The van der Waals surface area contributed by atoms with Gasteiger partial charge in [-0.25, -0.2) is 13.1 Å². The molecule has 1 aromatic heterocycles. The molecule has 0 aromatic carbocycles. The van der Waals surface area contributed by atoms with Crippen LogP contribution in [0.2, 0.25) is 0 Å². The summed E-state index contributed by atoms with van der Waals surface area (Å²) in [7, 11) is -3.35. The lowest BCUT2D eigenvalue weighted by atomic mass is 9.75. The first-order valence-corrected chi connectivity index (χ1v) is 11.6. The largest absolute Gasteiger partial charge is 0.379 e. The summed E-state index contributed by atoms with van der Waals surface area (Å²) in [4.78, 5) is 5.03. The maximum atomic E-state index is 12.3. The predicted octanol–water partition coefficient (Wildman–Crippen LogP) is 1.07. The van der Waals surface area contributed by atoms with Crippen LogP contribution < -0.4 is 4.72 Å². The Kier molecular flexibility index (Phi) is 5.45. The molecule has 0 amide bonds. The monoisotopic (exact) mass is 385 g/mol. The molecule has 8 heteroatoms. The Hall–Kier alpha value is -0.510. The molecule has 4 atom stereocenters. The van der Waals surface area contributed by atoms with E-state index >= 15 is 0 Å². The summed E-state index contributed by atoms with van der Waals surface area (Å²) >= 11 is 1.27. The number of rotatable bonds is 6. The van der Waals surface area contributed by atoms with Gasteiger partial charge in [0.05, 0.1) is 13.2 Å². The molecule has 0 spiro atoms. The zero-order valence-electron chi connectivity index (χ0n) is 14.5. The van der Waals surface area contributed by atoms with E-state index in [4.69, 9.17) is 4.74 Å². The van der Waals surface area contributed by atoms with Gasteiger partial charge in [-0.2, -0.15) is 0 Å². The van der Waals surface area contributed by atoms with Crippen molar-refractivity contribution in [3.05, 3.63) is 17.5 Å². The van der Waals surface area contributed by atoms with E-state index in [1.165, 1.54) is 17.8 Å². The quantitative estimate of drug-likeness (QED) is 0.794. The number of piperidine rings is 3. The fourth-order valence-electron chi connectivity index (χ4n) is 4.48. The van der Waals surface area contributed by atoms with Crippen LogP contribution in [0.15, 0.2) is 21.7 Å². The second kappa shape index (κ2) is 7.62. The topological polar surface area (TPSA) is 61.9 Å². The Labute approximate surface area is 154 Å². The van der Waals surface area contributed by atoms with Crippen LogP contribution in [-0.4, -0.2) is 76.7 Å². The maximum absolute atomic E-state index is 12.3. The third-order valence-electron chi connectivity index (χ3n) is 5.88. The van der Waals surface area contributed by atoms with E-state index in [0.717, 1.165) is 64.2 Å². The number of nitrogens with zero attached hydrogens (tertiary/aromatic N) is 2. The van der Waals surface area contributed by atoms with E-state index in [2.05, 4.69) is 14.5 Å². The highest BCUT2D eigenvalue weighted by Gasteiger charge is 2.40. The van der Waals surface area contributed by atoms with Crippen molar-refractivity contribution >= 4 is 21.4 Å². The summed E-state index contributed by atoms with van der Waals surface area (Å²) in [6.45, 7) is 7.71. The van der Waals surface area contributed by atoms with Gasteiger partial charge < -0.3 is 4.74 Å². The van der Waals surface area contributed by atoms with Crippen molar-refractivity contribution < 1.29 is 13.2 Å². The second-order valence-corrected chi connectivity index (χ2v) is 10.3. The van der Waals surface area contributed by atoms with Crippen molar-refractivity contribution in [2.45, 2.75) is 23.1 Å². The number of ether oxygens (including phenoxy) is 1. The number of fused-ring (bicyclic) bond motifs is 3. The number of hydrogen-bond donors (Lipinski definition) is 1. The molecular weight excluding hydrogens is 358 g/mol. The second-order valence-electron chi connectivity index (χ2n) is 7.39. The van der Waals surface area contributed by atoms with Crippen LogP contribution >= 0.6 is 11.3 Å². The molecule has 4 aliphatic rings. The number of nitrogens with one attached hydrogen (secondary N) is 1. The Bertz CT molecular complexity index is 659. The standard InChI is InChI=1S/C17H27N3O3S2/c21-25(22,17-2-1-9-24-17)18-11-16-10-14-3-4-20(16)13-15(14)12-19-5-7-23-8-6-19/h1-2,9,14-16,18H,3-8,10-13H2/t14-,15-,16+/m0/s1. The normalized spacial score (nSPS) is 33.6. The molecule has 0 saturated carbocycles. The zero-order chi connectivity index (χ0) is 17.3. The number of morpholine rings is 1. The van der Waals surface area contributed by atoms with Crippen molar-refractivity contribution in [1.29, 1.82) is 0 Å². The zero-order valence-corrected chi connectivity index (χ0v) is 16.1. The van der Waals surface area contributed by atoms with E-state index in [-0.39, 0.29) is 0 Å². The van der Waals surface area contributed by atoms with E-state index < -0.39 is 10.0 Å². The average molecular weight is 386 g/mol. The van der Waals surface area contributed by atoms with Crippen LogP contribution in [-0.2, 0) is 14.8 Å². The van der Waals surface area contributed by atoms with Crippen LogP contribution in [0.5, 0.6) is 0 Å². The van der Waals surface area contributed by atoms with Crippen LogP contribution in [0.1, 0.15) is 12.8 Å². The Morgan fingerprint density at radius 2 is 2.12 bits per heavy atom. The molecule has 25 heavy (non-hydrogen) atoms. The molecule has 0 aliphatic carbocycles. The number of sulfonamides is 1. The highest BCUT2D eigenvalue weighted by molar-refractivity contribution is 7.91. The molecule has 2 bridgehead atoms.